The van der Waals surface area contributed by atoms with Crippen molar-refractivity contribution in [2.45, 2.75) is 38.8 Å². The average Bonchev–Trinajstić information content (AvgIpc) is 3.11. The first-order chi connectivity index (χ1) is 7.81. The van der Waals surface area contributed by atoms with Crippen LogP contribution < -0.4 is 5.32 Å². The Morgan fingerprint density at radius 1 is 1.50 bits per heavy atom. The molecule has 0 spiro atoms. The molecule has 16 heavy (non-hydrogen) atoms. The predicted molar refractivity (Wildman–Crippen MR) is 67.5 cm³/mol. The maximum Gasteiger partial charge on any atom is 0.130 e. The first kappa shape index (κ1) is 11.4. The van der Waals surface area contributed by atoms with E-state index in [0.717, 1.165) is 31.4 Å². The van der Waals surface area contributed by atoms with E-state index in [1.807, 2.05) is 12.3 Å². The van der Waals surface area contributed by atoms with Gasteiger partial charge >= 0.3 is 0 Å². The van der Waals surface area contributed by atoms with Gasteiger partial charge in [0.15, 0.2) is 0 Å². The zero-order valence-electron chi connectivity index (χ0n) is 10.2. The van der Waals surface area contributed by atoms with Gasteiger partial charge in [-0.1, -0.05) is 13.0 Å². The molecule has 1 fully saturated rings. The summed E-state index contributed by atoms with van der Waals surface area (Å²) in [5.74, 6) is 1.05. The summed E-state index contributed by atoms with van der Waals surface area (Å²) in [6.07, 6.45) is 5.70. The van der Waals surface area contributed by atoms with Crippen molar-refractivity contribution >= 4 is 5.82 Å². The lowest BCUT2D eigenvalue weighted by Crippen LogP contribution is -2.21. The quantitative estimate of drug-likeness (QED) is 0.796. The maximum absolute atomic E-state index is 4.41. The largest absolute Gasteiger partial charge is 0.370 e. The lowest BCUT2D eigenvalue weighted by atomic mass is 10.2. The van der Waals surface area contributed by atoms with Crippen LogP contribution in [0.4, 0.5) is 5.82 Å². The van der Waals surface area contributed by atoms with Gasteiger partial charge in [0, 0.05) is 30.9 Å². The summed E-state index contributed by atoms with van der Waals surface area (Å²) in [7, 11) is 2.20. The van der Waals surface area contributed by atoms with Gasteiger partial charge in [-0.2, -0.15) is 0 Å². The third-order valence-corrected chi connectivity index (χ3v) is 3.02. The van der Waals surface area contributed by atoms with Crippen LogP contribution in [0.25, 0.3) is 0 Å². The molecule has 1 aliphatic carbocycles. The minimum Gasteiger partial charge on any atom is -0.370 e. The summed E-state index contributed by atoms with van der Waals surface area (Å²) in [6, 6.07) is 5.00. The number of aromatic nitrogens is 1. The minimum absolute atomic E-state index is 0.805. The molecule has 1 aromatic rings. The lowest BCUT2D eigenvalue weighted by Gasteiger charge is -2.18. The van der Waals surface area contributed by atoms with Crippen molar-refractivity contribution in [2.24, 2.45) is 0 Å². The van der Waals surface area contributed by atoms with Gasteiger partial charge < -0.3 is 5.32 Å². The summed E-state index contributed by atoms with van der Waals surface area (Å²) >= 11 is 0. The Hall–Kier alpha value is -1.09. The third-order valence-electron chi connectivity index (χ3n) is 3.02. The Morgan fingerprint density at radius 3 is 3.00 bits per heavy atom. The number of hydrogen-bond donors (Lipinski definition) is 1. The molecule has 88 valence electrons. The molecule has 1 N–H and O–H groups in total. The molecule has 0 atom stereocenters. The summed E-state index contributed by atoms with van der Waals surface area (Å²) in [6.45, 7) is 4.17. The molecule has 0 aromatic carbocycles. The molecular weight excluding hydrogens is 198 g/mol. The lowest BCUT2D eigenvalue weighted by molar-refractivity contribution is 0.316. The van der Waals surface area contributed by atoms with Crippen LogP contribution >= 0.6 is 0 Å². The Kier molecular flexibility index (Phi) is 3.78. The van der Waals surface area contributed by atoms with E-state index in [-0.39, 0.29) is 0 Å². The van der Waals surface area contributed by atoms with E-state index in [2.05, 4.69) is 35.2 Å². The van der Waals surface area contributed by atoms with Gasteiger partial charge in [0.05, 0.1) is 0 Å². The number of nitrogens with zero attached hydrogens (tertiary/aromatic N) is 2. The van der Waals surface area contributed by atoms with Crippen LogP contribution in [0.3, 0.4) is 0 Å². The van der Waals surface area contributed by atoms with E-state index in [0.29, 0.717) is 0 Å². The number of nitrogens with one attached hydrogen (secondary N) is 1. The van der Waals surface area contributed by atoms with E-state index in [9.17, 15) is 0 Å². The second kappa shape index (κ2) is 5.30. The first-order valence-corrected chi connectivity index (χ1v) is 6.19. The highest BCUT2D eigenvalue weighted by atomic mass is 15.2. The molecule has 0 aliphatic heterocycles. The van der Waals surface area contributed by atoms with Gasteiger partial charge in [0.25, 0.3) is 0 Å². The highest BCUT2D eigenvalue weighted by Crippen LogP contribution is 2.27. The highest BCUT2D eigenvalue weighted by molar-refractivity contribution is 5.43. The van der Waals surface area contributed by atoms with E-state index >= 15 is 0 Å². The number of hydrogen-bond acceptors (Lipinski definition) is 3. The van der Waals surface area contributed by atoms with Gasteiger partial charge in [0.1, 0.15) is 5.82 Å². The molecule has 1 heterocycles. The van der Waals surface area contributed by atoms with Gasteiger partial charge in [-0.15, -0.1) is 0 Å². The predicted octanol–water partition coefficient (Wildman–Crippen LogP) is 2.50. The zero-order chi connectivity index (χ0) is 11.4. The van der Waals surface area contributed by atoms with E-state index < -0.39 is 0 Å². The van der Waals surface area contributed by atoms with Crippen molar-refractivity contribution in [2.75, 3.05) is 18.9 Å². The fourth-order valence-electron chi connectivity index (χ4n) is 1.88. The maximum atomic E-state index is 4.41. The van der Waals surface area contributed by atoms with Crippen LogP contribution in [0.2, 0.25) is 0 Å². The average molecular weight is 219 g/mol. The fraction of sp³-hybridized carbons (Fsp3) is 0.615. The Morgan fingerprint density at radius 2 is 2.31 bits per heavy atom. The van der Waals surface area contributed by atoms with E-state index in [1.54, 1.807) is 0 Å². The van der Waals surface area contributed by atoms with Gasteiger partial charge in [-0.05, 0) is 32.4 Å². The Balaban J connectivity index is 2.00. The van der Waals surface area contributed by atoms with E-state index in [4.69, 9.17) is 0 Å². The normalized spacial score (nSPS) is 15.4. The second-order valence-corrected chi connectivity index (χ2v) is 4.58. The van der Waals surface area contributed by atoms with Crippen molar-refractivity contribution in [3.63, 3.8) is 0 Å². The summed E-state index contributed by atoms with van der Waals surface area (Å²) < 4.78 is 0. The SMILES string of the molecule is CCCNc1ncccc1CN(C)C1CC1. The Bertz CT molecular complexity index is 334. The molecule has 1 aliphatic rings. The third kappa shape index (κ3) is 2.95. The van der Waals surface area contributed by atoms with Crippen LogP contribution in [0.5, 0.6) is 0 Å². The molecule has 0 amide bonds. The van der Waals surface area contributed by atoms with Crippen LogP contribution in [-0.2, 0) is 6.54 Å². The minimum atomic E-state index is 0.805. The molecular formula is C13H21N3. The van der Waals surface area contributed by atoms with Crippen molar-refractivity contribution in [1.29, 1.82) is 0 Å². The molecule has 0 bridgehead atoms. The standard InChI is InChI=1S/C13H21N3/c1-3-8-14-13-11(5-4-9-15-13)10-16(2)12-6-7-12/h4-5,9,12H,3,6-8,10H2,1-2H3,(H,14,15). The molecule has 3 nitrogen and oxygen atoms in total. The van der Waals surface area contributed by atoms with Crippen molar-refractivity contribution < 1.29 is 0 Å². The van der Waals surface area contributed by atoms with Gasteiger partial charge in [0.2, 0.25) is 0 Å². The summed E-state index contributed by atoms with van der Waals surface area (Å²) in [4.78, 5) is 6.84. The highest BCUT2D eigenvalue weighted by Gasteiger charge is 2.26. The smallest absolute Gasteiger partial charge is 0.130 e. The zero-order valence-corrected chi connectivity index (χ0v) is 10.2. The summed E-state index contributed by atoms with van der Waals surface area (Å²) in [5, 5.41) is 3.39. The number of rotatable bonds is 6. The fourth-order valence-corrected chi connectivity index (χ4v) is 1.88. The topological polar surface area (TPSA) is 28.2 Å². The van der Waals surface area contributed by atoms with Crippen LogP contribution in [0.15, 0.2) is 18.3 Å². The molecule has 1 aromatic heterocycles. The van der Waals surface area contributed by atoms with Crippen molar-refractivity contribution in [1.82, 2.24) is 9.88 Å². The first-order valence-electron chi connectivity index (χ1n) is 6.19. The molecule has 1 saturated carbocycles. The Labute approximate surface area is 97.9 Å². The second-order valence-electron chi connectivity index (χ2n) is 4.58. The van der Waals surface area contributed by atoms with Crippen LogP contribution in [-0.4, -0.2) is 29.5 Å². The van der Waals surface area contributed by atoms with E-state index in [1.165, 1.54) is 18.4 Å². The van der Waals surface area contributed by atoms with Crippen molar-refractivity contribution in [3.8, 4) is 0 Å². The van der Waals surface area contributed by atoms with Crippen molar-refractivity contribution in [3.05, 3.63) is 23.9 Å². The molecule has 0 radical (unpaired) electrons. The van der Waals surface area contributed by atoms with Gasteiger partial charge in [-0.25, -0.2) is 4.98 Å². The van der Waals surface area contributed by atoms with Gasteiger partial charge in [-0.3, -0.25) is 4.90 Å². The summed E-state index contributed by atoms with van der Waals surface area (Å²) in [5.41, 5.74) is 1.31. The monoisotopic (exact) mass is 219 g/mol. The molecule has 2 rings (SSSR count). The van der Waals surface area contributed by atoms with Crippen LogP contribution in [0, 0.1) is 0 Å². The van der Waals surface area contributed by atoms with Crippen LogP contribution in [0.1, 0.15) is 31.7 Å². The number of anilines is 1. The molecule has 0 saturated heterocycles. The molecule has 3 heteroatoms. The molecule has 0 unspecified atom stereocenters. The number of pyridine rings is 1.